The van der Waals surface area contributed by atoms with Gasteiger partial charge in [0.25, 0.3) is 12.3 Å². The standard InChI is InChI=1S/C44H50F3N11O6/c1-54-40-27(4-2-6-30(40)38(52-54)31-11-12-37(60)51-43(31)61)5-3-18-64-35-13-15-55(23-33(35)45)21-26-7-9-28(10-8-26)58-24-34(39(53-58)41(46)47)49-44(62)32-20-48-57-16-14-36(50-42(32)57)56-17-19-63-29(22-56)25-59/h2,4,6,14,16,20,24,26,28-29,31,33,35,41,59H,7-13,15,17-19,21-23,25H2,1H3,(H,49,62)(H,51,60,61)/t26?,28?,29-,31-,33+,35-/m1/s1. The molecule has 0 bridgehead atoms. The number of hydrogen-bond acceptors (Lipinski definition) is 12. The Morgan fingerprint density at radius 2 is 1.94 bits per heavy atom. The molecule has 64 heavy (non-hydrogen) atoms. The van der Waals surface area contributed by atoms with E-state index in [0.29, 0.717) is 74.9 Å². The first kappa shape index (κ1) is 43.4. The van der Waals surface area contributed by atoms with Crippen molar-refractivity contribution in [1.29, 1.82) is 0 Å². The van der Waals surface area contributed by atoms with Crippen LogP contribution < -0.4 is 15.5 Å². The van der Waals surface area contributed by atoms with E-state index in [4.69, 9.17) is 9.47 Å². The number of piperidine rings is 2. The van der Waals surface area contributed by atoms with Crippen LogP contribution in [0.2, 0.25) is 0 Å². The molecule has 3 amide bonds. The Balaban J connectivity index is 0.756. The molecule has 0 radical (unpaired) electrons. The molecule has 3 saturated heterocycles. The molecule has 3 aliphatic heterocycles. The Kier molecular flexibility index (Phi) is 12.7. The normalized spacial score (nSPS) is 24.6. The lowest BCUT2D eigenvalue weighted by Crippen LogP contribution is -2.47. The van der Waals surface area contributed by atoms with Gasteiger partial charge in [0.2, 0.25) is 11.8 Å². The summed E-state index contributed by atoms with van der Waals surface area (Å²) in [7, 11) is 1.79. The number of carbonyl (C=O) groups excluding carboxylic acids is 3. The molecule has 3 N–H and O–H groups in total. The third-order valence-electron chi connectivity index (χ3n) is 12.8. The molecule has 4 aliphatic rings. The second kappa shape index (κ2) is 18.7. The number of amides is 3. The number of alkyl halides is 3. The Morgan fingerprint density at radius 3 is 2.72 bits per heavy atom. The van der Waals surface area contributed by atoms with E-state index in [9.17, 15) is 28.3 Å². The summed E-state index contributed by atoms with van der Waals surface area (Å²) in [6.07, 6.45) is 3.64. The fourth-order valence-electron chi connectivity index (χ4n) is 9.49. The van der Waals surface area contributed by atoms with Crippen LogP contribution in [0, 0.1) is 17.8 Å². The molecule has 4 aromatic heterocycles. The molecule has 0 unspecified atom stereocenters. The lowest BCUT2D eigenvalue weighted by molar-refractivity contribution is -0.134. The first-order valence-electron chi connectivity index (χ1n) is 21.8. The second-order valence-corrected chi connectivity index (χ2v) is 17.0. The van der Waals surface area contributed by atoms with Gasteiger partial charge in [0, 0.05) is 64.0 Å². The number of benzene rings is 1. The predicted octanol–water partition coefficient (Wildman–Crippen LogP) is 3.93. The van der Waals surface area contributed by atoms with Crippen LogP contribution in [0.15, 0.2) is 42.9 Å². The molecule has 0 spiro atoms. The minimum Gasteiger partial charge on any atom is -0.394 e. The zero-order chi connectivity index (χ0) is 44.5. The maximum absolute atomic E-state index is 15.5. The van der Waals surface area contributed by atoms with E-state index in [-0.39, 0.29) is 67.0 Å². The highest BCUT2D eigenvalue weighted by atomic mass is 19.3. The van der Waals surface area contributed by atoms with Crippen LogP contribution in [0.5, 0.6) is 0 Å². The van der Waals surface area contributed by atoms with Gasteiger partial charge in [0.1, 0.15) is 24.2 Å². The number of aliphatic hydroxyl groups excluding tert-OH is 1. The van der Waals surface area contributed by atoms with Crippen LogP contribution in [0.4, 0.5) is 24.7 Å². The second-order valence-electron chi connectivity index (χ2n) is 17.0. The summed E-state index contributed by atoms with van der Waals surface area (Å²) in [5, 5.41) is 28.5. The average molecular weight is 886 g/mol. The first-order chi connectivity index (χ1) is 31.0. The number of para-hydroxylation sites is 1. The van der Waals surface area contributed by atoms with Gasteiger partial charge in [0.05, 0.1) is 66.0 Å². The molecule has 5 aromatic rings. The summed E-state index contributed by atoms with van der Waals surface area (Å²) in [6.45, 7) is 2.95. The zero-order valence-electron chi connectivity index (χ0n) is 35.3. The number of imide groups is 1. The highest BCUT2D eigenvalue weighted by molar-refractivity contribution is 6.08. The number of morpholine rings is 1. The molecule has 17 nitrogen and oxygen atoms in total. The molecule has 9 rings (SSSR count). The number of rotatable bonds is 11. The monoisotopic (exact) mass is 885 g/mol. The molecule has 1 aromatic carbocycles. The summed E-state index contributed by atoms with van der Waals surface area (Å²) < 4.78 is 60.2. The molecule has 7 heterocycles. The molecule has 4 atom stereocenters. The van der Waals surface area contributed by atoms with Crippen LogP contribution in [0.25, 0.3) is 16.6 Å². The topological polar surface area (TPSA) is 186 Å². The highest BCUT2D eigenvalue weighted by Gasteiger charge is 2.34. The number of aromatic nitrogens is 7. The van der Waals surface area contributed by atoms with E-state index in [1.165, 1.54) is 21.6 Å². The van der Waals surface area contributed by atoms with Gasteiger partial charge in [-0.05, 0) is 56.6 Å². The molecule has 20 heteroatoms. The number of likely N-dealkylation sites (tertiary alicyclic amines) is 1. The van der Waals surface area contributed by atoms with Crippen molar-refractivity contribution in [2.24, 2.45) is 13.0 Å². The van der Waals surface area contributed by atoms with Gasteiger partial charge in [0.15, 0.2) is 11.3 Å². The van der Waals surface area contributed by atoms with Gasteiger partial charge >= 0.3 is 0 Å². The predicted molar refractivity (Wildman–Crippen MR) is 227 cm³/mol. The van der Waals surface area contributed by atoms with Crippen LogP contribution in [0.3, 0.4) is 0 Å². The van der Waals surface area contributed by atoms with Gasteiger partial charge in [-0.15, -0.1) is 0 Å². The zero-order valence-corrected chi connectivity index (χ0v) is 35.3. The van der Waals surface area contributed by atoms with Crippen molar-refractivity contribution >= 4 is 45.8 Å². The van der Waals surface area contributed by atoms with E-state index in [0.717, 1.165) is 30.3 Å². The summed E-state index contributed by atoms with van der Waals surface area (Å²) in [5.74, 6) is 5.25. The molecular formula is C44H50F3N11O6. The fraction of sp³-hybridized carbons (Fsp3) is 0.523. The van der Waals surface area contributed by atoms with E-state index in [1.54, 1.807) is 24.0 Å². The van der Waals surface area contributed by atoms with Crippen LogP contribution in [0.1, 0.15) is 90.6 Å². The number of anilines is 2. The SMILES string of the molecule is Cn1nc([C@H]2CCC(=O)NC2=O)c2cccc(C#CCO[C@@H]3CCN(CC4CCC(n5cc(NC(=O)c6cnn7ccc(N8CCO[C@@H](CO)C8)nc67)c(C(F)F)n5)CC4)C[C@@H]3F)c21. The lowest BCUT2D eigenvalue weighted by Gasteiger charge is -2.38. The van der Waals surface area contributed by atoms with Crippen LogP contribution >= 0.6 is 0 Å². The van der Waals surface area contributed by atoms with E-state index >= 15 is 4.39 Å². The summed E-state index contributed by atoms with van der Waals surface area (Å²) in [4.78, 5) is 46.5. The van der Waals surface area contributed by atoms with E-state index in [1.807, 2.05) is 23.1 Å². The van der Waals surface area contributed by atoms with Crippen molar-refractivity contribution < 1.29 is 42.1 Å². The number of fused-ring (bicyclic) bond motifs is 2. The lowest BCUT2D eigenvalue weighted by atomic mass is 9.85. The Labute approximate surface area is 366 Å². The maximum atomic E-state index is 15.5. The fourth-order valence-corrected chi connectivity index (χ4v) is 9.49. The molecule has 1 aliphatic carbocycles. The smallest absolute Gasteiger partial charge is 0.284 e. The number of aliphatic hydroxyl groups is 1. The maximum Gasteiger partial charge on any atom is 0.284 e. The van der Waals surface area contributed by atoms with Gasteiger partial charge in [-0.25, -0.2) is 22.7 Å². The Morgan fingerprint density at radius 1 is 1.09 bits per heavy atom. The number of ether oxygens (including phenoxy) is 2. The number of carbonyl (C=O) groups is 3. The first-order valence-corrected chi connectivity index (χ1v) is 21.8. The van der Waals surface area contributed by atoms with E-state index < -0.39 is 36.2 Å². The largest absolute Gasteiger partial charge is 0.394 e. The third-order valence-corrected chi connectivity index (χ3v) is 12.8. The van der Waals surface area contributed by atoms with Crippen molar-refractivity contribution in [3.63, 3.8) is 0 Å². The summed E-state index contributed by atoms with van der Waals surface area (Å²) in [6, 6.07) is 7.22. The summed E-state index contributed by atoms with van der Waals surface area (Å²) >= 11 is 0. The number of nitrogens with one attached hydrogen (secondary N) is 2. The minimum atomic E-state index is -2.92. The van der Waals surface area contributed by atoms with Crippen molar-refractivity contribution in [2.75, 3.05) is 62.8 Å². The third kappa shape index (κ3) is 9.07. The van der Waals surface area contributed by atoms with Crippen molar-refractivity contribution in [3.05, 3.63) is 65.4 Å². The average Bonchev–Trinajstić information content (AvgIpc) is 4.01. The quantitative estimate of drug-likeness (QED) is 0.129. The van der Waals surface area contributed by atoms with Crippen LogP contribution in [-0.4, -0.2) is 133 Å². The molecule has 4 fully saturated rings. The van der Waals surface area contributed by atoms with Gasteiger partial charge in [-0.3, -0.25) is 34.0 Å². The van der Waals surface area contributed by atoms with Crippen molar-refractivity contribution in [1.82, 2.24) is 44.4 Å². The van der Waals surface area contributed by atoms with Gasteiger partial charge < -0.3 is 24.8 Å². The van der Waals surface area contributed by atoms with Crippen molar-refractivity contribution in [2.45, 2.75) is 81.7 Å². The molecular weight excluding hydrogens is 836 g/mol. The number of hydrogen-bond donors (Lipinski definition) is 3. The summed E-state index contributed by atoms with van der Waals surface area (Å²) in [5.41, 5.74) is 1.87. The molecule has 1 saturated carbocycles. The van der Waals surface area contributed by atoms with E-state index in [2.05, 4.69) is 47.7 Å². The number of halogens is 3. The van der Waals surface area contributed by atoms with Gasteiger partial charge in [-0.2, -0.15) is 15.3 Å². The Bertz CT molecular complexity index is 2590. The minimum absolute atomic E-state index is 0.0522. The van der Waals surface area contributed by atoms with Crippen LogP contribution in [-0.2, 0) is 26.1 Å². The number of nitrogens with zero attached hydrogens (tertiary/aromatic N) is 9. The Hall–Kier alpha value is -5.88. The van der Waals surface area contributed by atoms with Gasteiger partial charge in [-0.1, -0.05) is 24.0 Å². The molecule has 338 valence electrons. The highest BCUT2D eigenvalue weighted by Crippen LogP contribution is 2.36. The van der Waals surface area contributed by atoms with Crippen molar-refractivity contribution in [3.8, 4) is 11.8 Å². The number of aryl methyl sites for hydroxylation is 1.